The lowest BCUT2D eigenvalue weighted by Crippen LogP contribution is -2.43. The van der Waals surface area contributed by atoms with Crippen LogP contribution in [0.15, 0.2) is 42.7 Å². The summed E-state index contributed by atoms with van der Waals surface area (Å²) >= 11 is -0.929. The van der Waals surface area contributed by atoms with Crippen molar-refractivity contribution < 1.29 is 9.35 Å². The molecule has 2 aromatic heterocycles. The third kappa shape index (κ3) is 4.55. The number of pyridine rings is 1. The Morgan fingerprint density at radius 1 is 1.23 bits per heavy atom. The van der Waals surface area contributed by atoms with Crippen LogP contribution in [0.25, 0.3) is 11.3 Å². The molecule has 3 aromatic rings. The molecule has 160 valence electrons. The number of aryl methyl sites for hydroxylation is 1. The zero-order valence-corrected chi connectivity index (χ0v) is 18.8. The molecule has 1 amide bonds. The van der Waals surface area contributed by atoms with Crippen LogP contribution in [0.5, 0.6) is 0 Å². The third-order valence-electron chi connectivity index (χ3n) is 5.36. The zero-order chi connectivity index (χ0) is 22.2. The van der Waals surface area contributed by atoms with E-state index in [0.29, 0.717) is 29.6 Å². The predicted octanol–water partition coefficient (Wildman–Crippen LogP) is 3.49. The number of carbonyl (C=O) groups excluding carboxylic acids is 1. The molecule has 1 unspecified atom stereocenters. The minimum Gasteiger partial charge on any atom is -0.616 e. The summed E-state index contributed by atoms with van der Waals surface area (Å²) in [6, 6.07) is 9.55. The van der Waals surface area contributed by atoms with Crippen molar-refractivity contribution in [2.24, 2.45) is 0 Å². The van der Waals surface area contributed by atoms with Gasteiger partial charge >= 0.3 is 0 Å². The molecule has 0 radical (unpaired) electrons. The van der Waals surface area contributed by atoms with E-state index in [0.717, 1.165) is 27.9 Å². The van der Waals surface area contributed by atoms with Crippen LogP contribution in [-0.4, -0.2) is 38.2 Å². The van der Waals surface area contributed by atoms with Gasteiger partial charge in [-0.25, -0.2) is 15.0 Å². The highest BCUT2D eigenvalue weighted by molar-refractivity contribution is 7.89. The first kappa shape index (κ1) is 21.3. The average molecular weight is 436 g/mol. The molecule has 1 aliphatic rings. The van der Waals surface area contributed by atoms with Crippen LogP contribution >= 0.6 is 0 Å². The molecule has 0 saturated heterocycles. The van der Waals surface area contributed by atoms with Crippen molar-refractivity contribution in [2.75, 3.05) is 18.1 Å². The van der Waals surface area contributed by atoms with Gasteiger partial charge in [0, 0.05) is 41.0 Å². The summed E-state index contributed by atoms with van der Waals surface area (Å²) < 4.78 is 11.5. The molecular weight excluding hydrogens is 410 g/mol. The Morgan fingerprint density at radius 3 is 2.81 bits per heavy atom. The minimum absolute atomic E-state index is 0.0402. The average Bonchev–Trinajstić information content (AvgIpc) is 2.72. The third-order valence-corrected chi connectivity index (χ3v) is 6.10. The van der Waals surface area contributed by atoms with E-state index in [1.807, 2.05) is 31.2 Å². The molecule has 31 heavy (non-hydrogen) atoms. The van der Waals surface area contributed by atoms with Crippen LogP contribution in [-0.2, 0) is 22.3 Å². The van der Waals surface area contributed by atoms with Crippen molar-refractivity contribution in [1.82, 2.24) is 20.3 Å². The topological polar surface area (TPSA) is 103 Å². The van der Waals surface area contributed by atoms with E-state index in [1.54, 1.807) is 18.6 Å². The quantitative estimate of drug-likeness (QED) is 0.595. The molecule has 1 atom stereocenters. The van der Waals surface area contributed by atoms with Crippen LogP contribution in [0, 0.1) is 6.92 Å². The van der Waals surface area contributed by atoms with Gasteiger partial charge in [-0.2, -0.15) is 0 Å². The molecule has 3 heterocycles. The maximum Gasteiger partial charge on any atom is 0.251 e. The van der Waals surface area contributed by atoms with Crippen LogP contribution < -0.4 is 10.6 Å². The Bertz CT molecular complexity index is 1150. The van der Waals surface area contributed by atoms with E-state index in [1.165, 1.54) is 0 Å². The normalized spacial score (nSPS) is 15.7. The number of carbonyl (C=O) groups is 1. The fraction of sp³-hybridized carbons (Fsp3) is 0.304. The van der Waals surface area contributed by atoms with E-state index in [9.17, 15) is 9.35 Å². The van der Waals surface area contributed by atoms with Crippen molar-refractivity contribution >= 4 is 28.8 Å². The first-order valence-electron chi connectivity index (χ1n) is 10.0. The molecule has 7 nitrogen and oxygen atoms in total. The molecular formula is C23H25N5O2S. The number of benzene rings is 1. The van der Waals surface area contributed by atoms with Gasteiger partial charge in [-0.15, -0.1) is 0 Å². The van der Waals surface area contributed by atoms with E-state index < -0.39 is 11.2 Å². The summed E-state index contributed by atoms with van der Waals surface area (Å²) in [5.74, 6) is 1.45. The monoisotopic (exact) mass is 435 g/mol. The van der Waals surface area contributed by atoms with E-state index in [-0.39, 0.29) is 11.3 Å². The highest BCUT2D eigenvalue weighted by Gasteiger charge is 2.31. The van der Waals surface area contributed by atoms with Gasteiger partial charge in [-0.3, -0.25) is 4.79 Å². The molecule has 8 heteroatoms. The maximum atomic E-state index is 12.3. The molecule has 4 rings (SSSR count). The molecule has 0 fully saturated rings. The van der Waals surface area contributed by atoms with Gasteiger partial charge < -0.3 is 15.2 Å². The molecule has 0 bridgehead atoms. The largest absolute Gasteiger partial charge is 0.616 e. The van der Waals surface area contributed by atoms with Gasteiger partial charge in [-0.05, 0) is 42.3 Å². The summed E-state index contributed by atoms with van der Waals surface area (Å²) in [5.41, 5.74) is 5.17. The summed E-state index contributed by atoms with van der Waals surface area (Å²) in [5, 5.41) is 6.10. The first-order valence-corrected chi connectivity index (χ1v) is 11.7. The van der Waals surface area contributed by atoms with Crippen molar-refractivity contribution in [1.29, 1.82) is 0 Å². The summed E-state index contributed by atoms with van der Waals surface area (Å²) in [6.45, 7) is 6.81. The van der Waals surface area contributed by atoms with Crippen LogP contribution in [0.3, 0.4) is 0 Å². The summed E-state index contributed by atoms with van der Waals surface area (Å²) in [4.78, 5) is 25.7. The fourth-order valence-electron chi connectivity index (χ4n) is 3.72. The highest BCUT2D eigenvalue weighted by atomic mass is 32.2. The number of rotatable bonds is 5. The Kier molecular flexibility index (Phi) is 5.68. The lowest BCUT2D eigenvalue weighted by molar-refractivity contribution is 0.0930. The maximum absolute atomic E-state index is 12.3. The van der Waals surface area contributed by atoms with Crippen LogP contribution in [0.4, 0.5) is 11.8 Å². The highest BCUT2D eigenvalue weighted by Crippen LogP contribution is 2.33. The summed E-state index contributed by atoms with van der Waals surface area (Å²) in [6.07, 6.45) is 5.12. The number of amides is 1. The Balaban J connectivity index is 1.67. The molecule has 0 aliphatic carbocycles. The Labute approximate surface area is 184 Å². The smallest absolute Gasteiger partial charge is 0.251 e. The predicted molar refractivity (Wildman–Crippen MR) is 123 cm³/mol. The van der Waals surface area contributed by atoms with Gasteiger partial charge in [-0.1, -0.05) is 31.1 Å². The van der Waals surface area contributed by atoms with Crippen LogP contribution in [0.2, 0.25) is 0 Å². The number of fused-ring (bicyclic) bond motifs is 1. The van der Waals surface area contributed by atoms with Gasteiger partial charge in [0.25, 0.3) is 5.91 Å². The molecule has 0 spiro atoms. The second-order valence-corrected chi connectivity index (χ2v) is 9.88. The number of nitrogens with zero attached hydrogens (tertiary/aromatic N) is 3. The Morgan fingerprint density at radius 2 is 2.03 bits per heavy atom. The van der Waals surface area contributed by atoms with Gasteiger partial charge in [0.15, 0.2) is 0 Å². The van der Waals surface area contributed by atoms with E-state index in [2.05, 4.69) is 40.5 Å². The number of hydrogen-bond donors (Lipinski definition) is 2. The molecule has 2 N–H and O–H groups in total. The number of nitrogens with one attached hydrogen (secondary N) is 2. The molecule has 1 aliphatic heterocycles. The van der Waals surface area contributed by atoms with Crippen molar-refractivity contribution in [2.45, 2.75) is 31.9 Å². The SMILES string of the molecule is Cc1cnc(Nc2cc(C[S+](C)[O-])ccn2)nc1-c1ccc2c(c1)C(C)(C)CNC2=O. The van der Waals surface area contributed by atoms with Gasteiger partial charge in [0.05, 0.1) is 11.9 Å². The lowest BCUT2D eigenvalue weighted by atomic mass is 9.78. The zero-order valence-electron chi connectivity index (χ0n) is 18.0. The van der Waals surface area contributed by atoms with Crippen molar-refractivity contribution in [3.05, 3.63) is 65.0 Å². The number of anilines is 2. The fourth-order valence-corrected chi connectivity index (χ4v) is 4.37. The first-order chi connectivity index (χ1) is 14.7. The Hall–Kier alpha value is -2.97. The molecule has 0 saturated carbocycles. The van der Waals surface area contributed by atoms with Crippen molar-refractivity contribution in [3.8, 4) is 11.3 Å². The van der Waals surface area contributed by atoms with E-state index >= 15 is 0 Å². The molecule has 1 aromatic carbocycles. The lowest BCUT2D eigenvalue weighted by Gasteiger charge is -2.32. The second-order valence-electron chi connectivity index (χ2n) is 8.44. The van der Waals surface area contributed by atoms with Gasteiger partial charge in [0.2, 0.25) is 5.95 Å². The number of aromatic nitrogens is 3. The number of hydrogen-bond acceptors (Lipinski definition) is 6. The van der Waals surface area contributed by atoms with Gasteiger partial charge in [0.1, 0.15) is 11.6 Å². The van der Waals surface area contributed by atoms with E-state index in [4.69, 9.17) is 4.98 Å². The van der Waals surface area contributed by atoms with Crippen LogP contribution in [0.1, 0.15) is 40.9 Å². The standard InChI is InChI=1S/C23H25N5O2S/c1-14-11-25-22(27-19-9-15(7-8-24-19)12-31(4)30)28-20(14)16-5-6-17-18(10-16)23(2,3)13-26-21(17)29/h5-11H,12-13H2,1-4H3,(H,26,29)(H,24,25,27,28). The van der Waals surface area contributed by atoms with Crippen molar-refractivity contribution in [3.63, 3.8) is 0 Å². The minimum atomic E-state index is -0.929. The second kappa shape index (κ2) is 8.28. The summed E-state index contributed by atoms with van der Waals surface area (Å²) in [7, 11) is 0.